The van der Waals surface area contributed by atoms with Gasteiger partial charge in [-0.2, -0.15) is 0 Å². The Balaban J connectivity index is 1.77. The molecule has 3 atom stereocenters. The summed E-state index contributed by atoms with van der Waals surface area (Å²) in [5.74, 6) is 2.09. The number of halogens is 1. The van der Waals surface area contributed by atoms with E-state index in [0.29, 0.717) is 17.2 Å². The first-order valence-electron chi connectivity index (χ1n) is 7.14. The molecule has 2 saturated carbocycles. The maximum Gasteiger partial charge on any atom is 0.152 e. The molecule has 3 unspecified atom stereocenters. The number of rotatable bonds is 4. The van der Waals surface area contributed by atoms with Gasteiger partial charge in [0, 0.05) is 19.2 Å². The van der Waals surface area contributed by atoms with Crippen LogP contribution >= 0.6 is 0 Å². The second kappa shape index (κ2) is 4.95. The van der Waals surface area contributed by atoms with Crippen molar-refractivity contribution in [2.24, 2.45) is 17.8 Å². The molecule has 3 heteroatoms. The van der Waals surface area contributed by atoms with Gasteiger partial charge in [-0.1, -0.05) is 12.5 Å². The lowest BCUT2D eigenvalue weighted by Gasteiger charge is -2.29. The number of aldehydes is 1. The monoisotopic (exact) mass is 261 g/mol. The highest BCUT2D eigenvalue weighted by Crippen LogP contribution is 2.48. The molecule has 0 aromatic heterocycles. The summed E-state index contributed by atoms with van der Waals surface area (Å²) in [4.78, 5) is 13.0. The van der Waals surface area contributed by atoms with E-state index in [1.807, 2.05) is 11.9 Å². The van der Waals surface area contributed by atoms with Crippen molar-refractivity contribution in [2.45, 2.75) is 25.7 Å². The van der Waals surface area contributed by atoms with E-state index >= 15 is 0 Å². The number of fused-ring (bicyclic) bond motifs is 2. The molecule has 102 valence electrons. The van der Waals surface area contributed by atoms with Crippen LogP contribution in [0.1, 0.15) is 36.0 Å². The normalized spacial score (nSPS) is 28.6. The third kappa shape index (κ3) is 2.26. The smallest absolute Gasteiger partial charge is 0.152 e. The topological polar surface area (TPSA) is 20.3 Å². The van der Waals surface area contributed by atoms with Crippen LogP contribution < -0.4 is 4.90 Å². The zero-order chi connectivity index (χ0) is 13.4. The van der Waals surface area contributed by atoms with Crippen molar-refractivity contribution < 1.29 is 9.18 Å². The number of anilines is 1. The minimum absolute atomic E-state index is 0.296. The third-order valence-electron chi connectivity index (χ3n) is 4.92. The quantitative estimate of drug-likeness (QED) is 0.773. The van der Waals surface area contributed by atoms with Gasteiger partial charge < -0.3 is 4.90 Å². The summed E-state index contributed by atoms with van der Waals surface area (Å²) >= 11 is 0. The lowest BCUT2D eigenvalue weighted by atomic mass is 9.88. The fourth-order valence-electron chi connectivity index (χ4n) is 4.07. The number of para-hydroxylation sites is 1. The fraction of sp³-hybridized carbons (Fsp3) is 0.562. The van der Waals surface area contributed by atoms with Crippen molar-refractivity contribution in [2.75, 3.05) is 18.5 Å². The predicted octanol–water partition coefficient (Wildman–Crippen LogP) is 3.51. The van der Waals surface area contributed by atoms with Gasteiger partial charge in [0.25, 0.3) is 0 Å². The van der Waals surface area contributed by atoms with Crippen molar-refractivity contribution in [1.29, 1.82) is 0 Å². The number of carbonyl (C=O) groups is 1. The summed E-state index contributed by atoms with van der Waals surface area (Å²) in [5.41, 5.74) is 0.908. The van der Waals surface area contributed by atoms with Crippen LogP contribution in [0.3, 0.4) is 0 Å². The molecule has 2 aliphatic carbocycles. The van der Waals surface area contributed by atoms with Crippen LogP contribution in [-0.4, -0.2) is 19.9 Å². The average Bonchev–Trinajstić information content (AvgIpc) is 3.00. The molecule has 0 saturated heterocycles. The Bertz CT molecular complexity index is 488. The van der Waals surface area contributed by atoms with E-state index in [2.05, 4.69) is 0 Å². The number of nitrogens with zero attached hydrogens (tertiary/aromatic N) is 1. The highest BCUT2D eigenvalue weighted by Gasteiger charge is 2.39. The summed E-state index contributed by atoms with van der Waals surface area (Å²) in [7, 11) is 1.90. The zero-order valence-electron chi connectivity index (χ0n) is 11.3. The number of hydrogen-bond donors (Lipinski definition) is 0. The van der Waals surface area contributed by atoms with Gasteiger partial charge in [-0.05, 0) is 49.1 Å². The lowest BCUT2D eigenvalue weighted by Crippen LogP contribution is -2.29. The first kappa shape index (κ1) is 12.6. The molecule has 1 aromatic rings. The van der Waals surface area contributed by atoms with E-state index in [0.717, 1.165) is 24.7 Å². The molecule has 19 heavy (non-hydrogen) atoms. The van der Waals surface area contributed by atoms with E-state index in [1.54, 1.807) is 12.1 Å². The third-order valence-corrected chi connectivity index (χ3v) is 4.92. The van der Waals surface area contributed by atoms with Gasteiger partial charge in [-0.25, -0.2) is 4.39 Å². The van der Waals surface area contributed by atoms with E-state index in [9.17, 15) is 9.18 Å². The lowest BCUT2D eigenvalue weighted by molar-refractivity contribution is 0.112. The molecule has 3 rings (SSSR count). The van der Waals surface area contributed by atoms with Crippen LogP contribution in [0.2, 0.25) is 0 Å². The Kier molecular flexibility index (Phi) is 3.29. The van der Waals surface area contributed by atoms with Gasteiger partial charge in [0.2, 0.25) is 0 Å². The van der Waals surface area contributed by atoms with Crippen LogP contribution in [0.4, 0.5) is 10.1 Å². The Morgan fingerprint density at radius 2 is 2.21 bits per heavy atom. The van der Waals surface area contributed by atoms with Gasteiger partial charge in [0.1, 0.15) is 5.82 Å². The maximum atomic E-state index is 13.9. The summed E-state index contributed by atoms with van der Waals surface area (Å²) in [6.07, 6.45) is 6.09. The molecule has 0 amide bonds. The molecule has 0 N–H and O–H groups in total. The number of carbonyl (C=O) groups excluding carboxylic acids is 1. The SMILES string of the molecule is CN(CC1CC2CCC1C2)c1c(F)cccc1C=O. The standard InChI is InChI=1S/C16H20FNO/c1-18(9-14-8-11-5-6-12(14)7-11)16-13(10-19)3-2-4-15(16)17/h2-4,10-12,14H,5-9H2,1H3. The molecule has 1 aromatic carbocycles. The second-order valence-electron chi connectivity index (χ2n) is 6.11. The molecular formula is C16H20FNO. The molecule has 0 aliphatic heterocycles. The number of hydrogen-bond acceptors (Lipinski definition) is 2. The van der Waals surface area contributed by atoms with Gasteiger partial charge in [0.15, 0.2) is 6.29 Å². The maximum absolute atomic E-state index is 13.9. The summed E-state index contributed by atoms with van der Waals surface area (Å²) < 4.78 is 13.9. The minimum atomic E-state index is -0.296. The molecule has 2 nitrogen and oxygen atoms in total. The van der Waals surface area contributed by atoms with Crippen LogP contribution in [0.15, 0.2) is 18.2 Å². The highest BCUT2D eigenvalue weighted by atomic mass is 19.1. The van der Waals surface area contributed by atoms with Gasteiger partial charge >= 0.3 is 0 Å². The first-order valence-corrected chi connectivity index (χ1v) is 7.14. The molecule has 0 heterocycles. The van der Waals surface area contributed by atoms with Gasteiger partial charge in [-0.3, -0.25) is 4.79 Å². The van der Waals surface area contributed by atoms with E-state index < -0.39 is 0 Å². The zero-order valence-corrected chi connectivity index (χ0v) is 11.3. The molecular weight excluding hydrogens is 241 g/mol. The van der Waals surface area contributed by atoms with Crippen LogP contribution in [0.25, 0.3) is 0 Å². The first-order chi connectivity index (χ1) is 9.19. The Labute approximate surface area is 113 Å². The molecule has 0 radical (unpaired) electrons. The predicted molar refractivity (Wildman–Crippen MR) is 74.0 cm³/mol. The van der Waals surface area contributed by atoms with Crippen molar-refractivity contribution in [3.8, 4) is 0 Å². The van der Waals surface area contributed by atoms with E-state index in [1.165, 1.54) is 31.7 Å². The van der Waals surface area contributed by atoms with Crippen molar-refractivity contribution >= 4 is 12.0 Å². The molecule has 0 spiro atoms. The highest BCUT2D eigenvalue weighted by molar-refractivity contribution is 5.84. The largest absolute Gasteiger partial charge is 0.371 e. The van der Waals surface area contributed by atoms with Crippen LogP contribution in [0.5, 0.6) is 0 Å². The summed E-state index contributed by atoms with van der Waals surface area (Å²) in [6, 6.07) is 4.70. The Morgan fingerprint density at radius 3 is 2.84 bits per heavy atom. The van der Waals surface area contributed by atoms with Crippen molar-refractivity contribution in [3.05, 3.63) is 29.6 Å². The molecule has 2 aliphatic rings. The Hall–Kier alpha value is -1.38. The molecule has 2 bridgehead atoms. The second-order valence-corrected chi connectivity index (χ2v) is 6.11. The molecule has 2 fully saturated rings. The number of benzene rings is 1. The van der Waals surface area contributed by atoms with E-state index in [4.69, 9.17) is 0 Å². The summed E-state index contributed by atoms with van der Waals surface area (Å²) in [5, 5.41) is 0. The van der Waals surface area contributed by atoms with Gasteiger partial charge in [-0.15, -0.1) is 0 Å². The van der Waals surface area contributed by atoms with Crippen molar-refractivity contribution in [1.82, 2.24) is 0 Å². The fourth-order valence-corrected chi connectivity index (χ4v) is 4.07. The van der Waals surface area contributed by atoms with Crippen LogP contribution in [-0.2, 0) is 0 Å². The van der Waals surface area contributed by atoms with Gasteiger partial charge in [0.05, 0.1) is 5.69 Å². The van der Waals surface area contributed by atoms with Crippen molar-refractivity contribution in [3.63, 3.8) is 0 Å². The average molecular weight is 261 g/mol. The van der Waals surface area contributed by atoms with Crippen LogP contribution in [0, 0.1) is 23.6 Å². The Morgan fingerprint density at radius 1 is 1.37 bits per heavy atom. The minimum Gasteiger partial charge on any atom is -0.371 e. The van der Waals surface area contributed by atoms with E-state index in [-0.39, 0.29) is 5.82 Å². The summed E-state index contributed by atoms with van der Waals surface area (Å²) in [6.45, 7) is 0.864.